The number of carbonyl (C=O) groups is 1. The number of nitrogens with two attached hydrogens (primary N) is 1. The number of fused-ring (bicyclic) bond motifs is 1. The molecule has 1 aromatic heterocycles. The van der Waals surface area contributed by atoms with Gasteiger partial charge in [-0.2, -0.15) is 0 Å². The summed E-state index contributed by atoms with van der Waals surface area (Å²) in [5.41, 5.74) is 6.22. The van der Waals surface area contributed by atoms with Crippen molar-refractivity contribution in [1.82, 2.24) is 9.88 Å². The lowest BCUT2D eigenvalue weighted by atomic mass is 10.1. The third kappa shape index (κ3) is 2.26. The van der Waals surface area contributed by atoms with Crippen molar-refractivity contribution < 1.29 is 4.79 Å². The molecule has 0 bridgehead atoms. The summed E-state index contributed by atoms with van der Waals surface area (Å²) in [4.78, 5) is 28.0. The van der Waals surface area contributed by atoms with E-state index >= 15 is 0 Å². The van der Waals surface area contributed by atoms with E-state index in [1.165, 1.54) is 11.0 Å². The molecule has 0 aliphatic rings. The van der Waals surface area contributed by atoms with Gasteiger partial charge in [0.15, 0.2) is 0 Å². The van der Waals surface area contributed by atoms with Crippen LogP contribution in [0, 0.1) is 0 Å². The number of hydrogen-bond acceptors (Lipinski definition) is 3. The number of nitrogens with zero attached hydrogens (tertiary/aromatic N) is 1. The lowest BCUT2D eigenvalue weighted by Crippen LogP contribution is -2.32. The van der Waals surface area contributed by atoms with Crippen LogP contribution in [0.3, 0.4) is 0 Å². The first kappa shape index (κ1) is 12.3. The minimum absolute atomic E-state index is 0.192. The van der Waals surface area contributed by atoms with Crippen molar-refractivity contribution in [2.24, 2.45) is 5.73 Å². The van der Waals surface area contributed by atoms with Gasteiger partial charge in [0.05, 0.1) is 5.56 Å². The Kier molecular flexibility index (Phi) is 3.43. The third-order valence-electron chi connectivity index (χ3n) is 2.79. The molecule has 0 unspecified atom stereocenters. The van der Waals surface area contributed by atoms with Crippen molar-refractivity contribution in [2.75, 3.05) is 20.1 Å². The van der Waals surface area contributed by atoms with Crippen molar-refractivity contribution in [1.29, 1.82) is 0 Å². The Morgan fingerprint density at radius 1 is 1.39 bits per heavy atom. The molecule has 2 aromatic rings. The number of aromatic nitrogens is 1. The van der Waals surface area contributed by atoms with Gasteiger partial charge in [-0.05, 0) is 6.07 Å². The number of amides is 1. The SMILES string of the molecule is CN(CCN)C(=O)c1cc(=O)[nH]c2ccccc12. The molecular formula is C13H15N3O2. The summed E-state index contributed by atoms with van der Waals surface area (Å²) in [6.07, 6.45) is 0. The van der Waals surface area contributed by atoms with Crippen molar-refractivity contribution in [3.8, 4) is 0 Å². The summed E-state index contributed by atoms with van der Waals surface area (Å²) in [6.45, 7) is 0.851. The zero-order chi connectivity index (χ0) is 13.1. The van der Waals surface area contributed by atoms with Crippen molar-refractivity contribution >= 4 is 16.8 Å². The molecule has 1 amide bonds. The molecule has 18 heavy (non-hydrogen) atoms. The van der Waals surface area contributed by atoms with Gasteiger partial charge < -0.3 is 15.6 Å². The van der Waals surface area contributed by atoms with E-state index in [9.17, 15) is 9.59 Å². The lowest BCUT2D eigenvalue weighted by molar-refractivity contribution is 0.0801. The molecule has 1 heterocycles. The highest BCUT2D eigenvalue weighted by Crippen LogP contribution is 2.15. The van der Waals surface area contributed by atoms with Gasteiger partial charge in [0, 0.05) is 37.1 Å². The molecule has 3 N–H and O–H groups in total. The molecule has 0 saturated heterocycles. The number of hydrogen-bond donors (Lipinski definition) is 2. The molecule has 2 rings (SSSR count). The summed E-state index contributed by atoms with van der Waals surface area (Å²) >= 11 is 0. The van der Waals surface area contributed by atoms with Crippen LogP contribution in [0.2, 0.25) is 0 Å². The number of para-hydroxylation sites is 1. The molecular weight excluding hydrogens is 230 g/mol. The minimum Gasteiger partial charge on any atom is -0.340 e. The molecule has 5 nitrogen and oxygen atoms in total. The average Bonchev–Trinajstić information content (AvgIpc) is 2.37. The number of pyridine rings is 1. The topological polar surface area (TPSA) is 79.2 Å². The maximum Gasteiger partial charge on any atom is 0.254 e. The number of rotatable bonds is 3. The standard InChI is InChI=1S/C13H15N3O2/c1-16(7-6-14)13(18)10-8-12(17)15-11-5-3-2-4-9(10)11/h2-5,8H,6-7,14H2,1H3,(H,15,17). The van der Waals surface area contributed by atoms with Crippen LogP contribution in [0.1, 0.15) is 10.4 Å². The monoisotopic (exact) mass is 245 g/mol. The summed E-state index contributed by atoms with van der Waals surface area (Å²) in [5, 5.41) is 0.742. The Morgan fingerprint density at radius 2 is 2.11 bits per heavy atom. The van der Waals surface area contributed by atoms with Crippen LogP contribution in [-0.2, 0) is 0 Å². The number of likely N-dealkylation sites (N-methyl/N-ethyl adjacent to an activating group) is 1. The van der Waals surface area contributed by atoms with E-state index in [1.807, 2.05) is 18.2 Å². The maximum atomic E-state index is 12.2. The second-order valence-corrected chi connectivity index (χ2v) is 4.11. The van der Waals surface area contributed by atoms with Gasteiger partial charge in [-0.25, -0.2) is 0 Å². The molecule has 5 heteroatoms. The first-order chi connectivity index (χ1) is 8.63. The van der Waals surface area contributed by atoms with Crippen LogP contribution >= 0.6 is 0 Å². The Morgan fingerprint density at radius 3 is 2.83 bits per heavy atom. The highest BCUT2D eigenvalue weighted by Gasteiger charge is 2.15. The zero-order valence-corrected chi connectivity index (χ0v) is 10.1. The fourth-order valence-corrected chi connectivity index (χ4v) is 1.88. The molecule has 0 fully saturated rings. The third-order valence-corrected chi connectivity index (χ3v) is 2.79. The molecule has 0 spiro atoms. The predicted molar refractivity (Wildman–Crippen MR) is 70.6 cm³/mol. The Hall–Kier alpha value is -2.14. The van der Waals surface area contributed by atoms with Gasteiger partial charge in [-0.1, -0.05) is 18.2 Å². The Labute approximate surface area is 104 Å². The summed E-state index contributed by atoms with van der Waals surface area (Å²) in [6, 6.07) is 8.57. The van der Waals surface area contributed by atoms with Crippen LogP contribution in [-0.4, -0.2) is 35.9 Å². The smallest absolute Gasteiger partial charge is 0.254 e. The number of benzene rings is 1. The van der Waals surface area contributed by atoms with Gasteiger partial charge >= 0.3 is 0 Å². The largest absolute Gasteiger partial charge is 0.340 e. The molecule has 0 saturated carbocycles. The van der Waals surface area contributed by atoms with Crippen LogP contribution < -0.4 is 11.3 Å². The first-order valence-corrected chi connectivity index (χ1v) is 5.71. The van der Waals surface area contributed by atoms with Crippen LogP contribution in [0.25, 0.3) is 10.9 Å². The van der Waals surface area contributed by atoms with E-state index in [4.69, 9.17) is 5.73 Å². The van der Waals surface area contributed by atoms with Gasteiger partial charge in [-0.3, -0.25) is 9.59 Å². The second-order valence-electron chi connectivity index (χ2n) is 4.11. The first-order valence-electron chi connectivity index (χ1n) is 5.71. The molecule has 0 atom stereocenters. The maximum absolute atomic E-state index is 12.2. The van der Waals surface area contributed by atoms with Crippen molar-refractivity contribution in [3.05, 3.63) is 46.2 Å². The van der Waals surface area contributed by atoms with Gasteiger partial charge in [0.1, 0.15) is 0 Å². The molecule has 0 radical (unpaired) electrons. The van der Waals surface area contributed by atoms with E-state index in [0.717, 1.165) is 5.39 Å². The fraction of sp³-hybridized carbons (Fsp3) is 0.231. The lowest BCUT2D eigenvalue weighted by Gasteiger charge is -2.16. The predicted octanol–water partition coefficient (Wildman–Crippen LogP) is 0.559. The van der Waals surface area contributed by atoms with E-state index in [2.05, 4.69) is 4.98 Å². The number of aromatic amines is 1. The van der Waals surface area contributed by atoms with E-state index < -0.39 is 0 Å². The number of carbonyl (C=O) groups excluding carboxylic acids is 1. The highest BCUT2D eigenvalue weighted by molar-refractivity contribution is 6.05. The van der Waals surface area contributed by atoms with Crippen LogP contribution in [0.15, 0.2) is 35.1 Å². The van der Waals surface area contributed by atoms with Gasteiger partial charge in [-0.15, -0.1) is 0 Å². The van der Waals surface area contributed by atoms with E-state index in [-0.39, 0.29) is 11.5 Å². The van der Waals surface area contributed by atoms with Crippen LogP contribution in [0.5, 0.6) is 0 Å². The second kappa shape index (κ2) is 5.01. The minimum atomic E-state index is -0.279. The summed E-state index contributed by atoms with van der Waals surface area (Å²) in [5.74, 6) is -0.192. The number of H-pyrrole nitrogens is 1. The van der Waals surface area contributed by atoms with Gasteiger partial charge in [0.2, 0.25) is 5.56 Å². The summed E-state index contributed by atoms with van der Waals surface area (Å²) < 4.78 is 0. The Balaban J connectivity index is 2.56. The van der Waals surface area contributed by atoms with Crippen molar-refractivity contribution in [3.63, 3.8) is 0 Å². The Bertz CT molecular complexity index is 633. The van der Waals surface area contributed by atoms with Crippen LogP contribution in [0.4, 0.5) is 0 Å². The van der Waals surface area contributed by atoms with Gasteiger partial charge in [0.25, 0.3) is 5.91 Å². The highest BCUT2D eigenvalue weighted by atomic mass is 16.2. The molecule has 0 aliphatic heterocycles. The molecule has 94 valence electrons. The number of nitrogens with one attached hydrogen (secondary N) is 1. The quantitative estimate of drug-likeness (QED) is 0.829. The normalized spacial score (nSPS) is 10.6. The van der Waals surface area contributed by atoms with Crippen molar-refractivity contribution in [2.45, 2.75) is 0 Å². The molecule has 0 aliphatic carbocycles. The van der Waals surface area contributed by atoms with E-state index in [0.29, 0.717) is 24.2 Å². The fourth-order valence-electron chi connectivity index (χ4n) is 1.88. The average molecular weight is 245 g/mol. The zero-order valence-electron chi connectivity index (χ0n) is 10.1. The van der Waals surface area contributed by atoms with E-state index in [1.54, 1.807) is 13.1 Å². The molecule has 1 aromatic carbocycles. The summed E-state index contributed by atoms with van der Waals surface area (Å²) in [7, 11) is 1.67.